The summed E-state index contributed by atoms with van der Waals surface area (Å²) in [4.78, 5) is 36.6. The molecule has 2 saturated carbocycles. The first kappa shape index (κ1) is 38.7. The number of carbonyl (C=O) groups excluding carboxylic acids is 1. The third kappa shape index (κ3) is 10.5. The maximum Gasteiger partial charge on any atom is 0.407 e. The first-order chi connectivity index (χ1) is 23.6. The van der Waals surface area contributed by atoms with Crippen LogP contribution in [0, 0.1) is 11.3 Å². The minimum atomic E-state index is -0.944. The molecule has 3 fully saturated rings. The Bertz CT molecular complexity index is 1340. The van der Waals surface area contributed by atoms with Crippen molar-refractivity contribution in [2.24, 2.45) is 11.3 Å². The Hall–Kier alpha value is -2.54. The van der Waals surface area contributed by atoms with Crippen molar-refractivity contribution < 1.29 is 57.5 Å². The molecule has 50 heavy (non-hydrogen) atoms. The number of amides is 1. The molecule has 8 nitrogen and oxygen atoms in total. The molecular formula is C41H55IN2O6. The maximum atomic E-state index is 12.9. The summed E-state index contributed by atoms with van der Waals surface area (Å²) in [5.74, 6) is -1.14. The maximum absolute atomic E-state index is 12.9. The van der Waals surface area contributed by atoms with Crippen LogP contribution in [0.2, 0.25) is 0 Å². The van der Waals surface area contributed by atoms with Crippen molar-refractivity contribution in [1.82, 2.24) is 5.32 Å². The average molecular weight is 799 g/mol. The number of quaternary nitrogens is 1. The van der Waals surface area contributed by atoms with Gasteiger partial charge in [-0.2, -0.15) is 19.6 Å². The Balaban J connectivity index is 0.00000486. The lowest BCUT2D eigenvalue weighted by atomic mass is 9.71. The van der Waals surface area contributed by atoms with Gasteiger partial charge in [-0.25, -0.2) is 4.79 Å². The summed E-state index contributed by atoms with van der Waals surface area (Å²) in [6, 6.07) is 32.2. The van der Waals surface area contributed by atoms with Gasteiger partial charge in [-0.15, -0.1) is 0 Å². The molecule has 0 unspecified atom stereocenters. The van der Waals surface area contributed by atoms with Gasteiger partial charge in [-0.3, -0.25) is 0 Å². The van der Waals surface area contributed by atoms with Gasteiger partial charge in [0.15, 0.2) is 0 Å². The van der Waals surface area contributed by atoms with Crippen LogP contribution in [-0.4, -0.2) is 41.3 Å². The van der Waals surface area contributed by atoms with Gasteiger partial charge in [0.25, 0.3) is 0 Å². The molecule has 0 radical (unpaired) electrons. The zero-order valence-corrected chi connectivity index (χ0v) is 32.1. The lowest BCUT2D eigenvalue weighted by molar-refractivity contribution is -0.966. The molecular weight excluding hydrogens is 743 g/mol. The predicted octanol–water partition coefficient (Wildman–Crippen LogP) is 6.01. The number of benzene rings is 3. The third-order valence-corrected chi connectivity index (χ3v) is 10.8. The molecule has 3 aromatic rings. The van der Waals surface area contributed by atoms with Crippen LogP contribution < -0.4 is 29.3 Å². The summed E-state index contributed by atoms with van der Waals surface area (Å²) in [6.45, 7) is 11.0. The summed E-state index contributed by atoms with van der Waals surface area (Å²) in [5.41, 5.74) is 4.19. The summed E-state index contributed by atoms with van der Waals surface area (Å²) in [7, 11) is 0. The lowest BCUT2D eigenvalue weighted by Crippen LogP contribution is -3.00. The number of rotatable bonds is 11. The molecule has 1 aliphatic heterocycles. The van der Waals surface area contributed by atoms with Gasteiger partial charge in [0.05, 0.1) is 6.54 Å². The van der Waals surface area contributed by atoms with E-state index < -0.39 is 11.6 Å². The van der Waals surface area contributed by atoms with Crippen LogP contribution in [0.1, 0.15) is 95.2 Å². The molecule has 272 valence electrons. The van der Waals surface area contributed by atoms with Crippen LogP contribution in [0.15, 0.2) is 91.0 Å². The first-order valence-electron chi connectivity index (χ1n) is 18.3. The summed E-state index contributed by atoms with van der Waals surface area (Å²) >= 11 is 0. The van der Waals surface area contributed by atoms with Crippen LogP contribution in [0.25, 0.3) is 0 Å². The van der Waals surface area contributed by atoms with Gasteiger partial charge in [-0.1, -0.05) is 112 Å². The van der Waals surface area contributed by atoms with E-state index in [1.54, 1.807) is 0 Å². The smallest absolute Gasteiger partial charge is 0.407 e. The fourth-order valence-electron chi connectivity index (χ4n) is 7.85. The number of carbonyl (C=O) groups is 1. The Labute approximate surface area is 315 Å². The number of nitrogens with zero attached hydrogens (tertiary/aromatic N) is 1. The van der Waals surface area contributed by atoms with Crippen molar-refractivity contribution in [3.05, 3.63) is 108 Å². The van der Waals surface area contributed by atoms with E-state index >= 15 is 0 Å². The van der Waals surface area contributed by atoms with Gasteiger partial charge in [0.2, 0.25) is 11.6 Å². The number of halogens is 1. The van der Waals surface area contributed by atoms with Gasteiger partial charge in [-0.05, 0) is 37.0 Å². The molecule has 3 aromatic carbocycles. The number of nitrogens with one attached hydrogen (secondary N) is 1. The van der Waals surface area contributed by atoms with E-state index in [2.05, 4.69) is 117 Å². The highest BCUT2D eigenvalue weighted by Crippen LogP contribution is 2.48. The quantitative estimate of drug-likeness (QED) is 0.111. The number of hydrogen-bond donors (Lipinski definition) is 1. The van der Waals surface area contributed by atoms with Crippen LogP contribution >= 0.6 is 0 Å². The molecule has 1 amide bonds. The molecule has 0 aromatic heterocycles. The van der Waals surface area contributed by atoms with Gasteiger partial charge >= 0.3 is 6.09 Å². The molecule has 1 N–H and O–H groups in total. The monoisotopic (exact) mass is 798 g/mol. The summed E-state index contributed by atoms with van der Waals surface area (Å²) < 4.78 is 6.70. The van der Waals surface area contributed by atoms with Crippen LogP contribution in [0.5, 0.6) is 0 Å². The number of ether oxygens (including phenoxy) is 1. The third-order valence-electron chi connectivity index (χ3n) is 10.8. The highest BCUT2D eigenvalue weighted by Gasteiger charge is 2.52. The molecule has 0 bridgehead atoms. The molecule has 9 heteroatoms. The topological polar surface area (TPSA) is 75.3 Å². The van der Waals surface area contributed by atoms with Gasteiger partial charge in [0.1, 0.15) is 25.7 Å². The Morgan fingerprint density at radius 1 is 0.700 bits per heavy atom. The van der Waals surface area contributed by atoms with Crippen molar-refractivity contribution in [1.29, 1.82) is 0 Å². The van der Waals surface area contributed by atoms with Crippen LogP contribution in [-0.2, 0) is 43.9 Å². The van der Waals surface area contributed by atoms with Crippen molar-refractivity contribution >= 4 is 6.09 Å². The Morgan fingerprint density at radius 2 is 1.10 bits per heavy atom. The molecule has 3 aliphatic rings. The highest BCUT2D eigenvalue weighted by molar-refractivity contribution is 5.67. The van der Waals surface area contributed by atoms with Crippen molar-refractivity contribution in [2.45, 2.75) is 116 Å². The van der Waals surface area contributed by atoms with E-state index in [-0.39, 0.29) is 41.6 Å². The summed E-state index contributed by atoms with van der Waals surface area (Å²) in [5, 5.41) is 3.04. The van der Waals surface area contributed by atoms with Gasteiger partial charge < -0.3 is 38.5 Å². The number of alkyl carbamates (subject to hydrolysis) is 1. The minimum absolute atomic E-state index is 0. The van der Waals surface area contributed by atoms with E-state index in [4.69, 9.17) is 24.3 Å². The molecule has 1 saturated heterocycles. The first-order valence-corrected chi connectivity index (χ1v) is 18.3. The molecule has 2 spiro atoms. The van der Waals surface area contributed by atoms with Crippen LogP contribution in [0.4, 0.5) is 4.79 Å². The van der Waals surface area contributed by atoms with Crippen molar-refractivity contribution in [3.8, 4) is 0 Å². The van der Waals surface area contributed by atoms with E-state index in [0.717, 1.165) is 62.8 Å². The second-order valence-electron chi connectivity index (χ2n) is 15.7. The molecule has 2 aliphatic carbocycles. The fraction of sp³-hybridized carbons (Fsp3) is 0.537. The fourth-order valence-corrected chi connectivity index (χ4v) is 7.85. The molecule has 1 heterocycles. The van der Waals surface area contributed by atoms with E-state index in [0.29, 0.717) is 38.1 Å². The van der Waals surface area contributed by atoms with E-state index in [9.17, 15) is 4.79 Å². The van der Waals surface area contributed by atoms with E-state index in [1.807, 2.05) is 0 Å². The minimum Gasteiger partial charge on any atom is -1.00 e. The lowest BCUT2D eigenvalue weighted by Gasteiger charge is -2.48. The zero-order chi connectivity index (χ0) is 34.2. The Morgan fingerprint density at radius 3 is 1.50 bits per heavy atom. The normalized spacial score (nSPS) is 25.5. The number of hydrogen-bond acceptors (Lipinski definition) is 6. The average Bonchev–Trinajstić information content (AvgIpc) is 3.10. The van der Waals surface area contributed by atoms with Crippen LogP contribution in [0.3, 0.4) is 0 Å². The Kier molecular flexibility index (Phi) is 13.4. The summed E-state index contributed by atoms with van der Waals surface area (Å²) in [6.07, 6.45) is 6.07. The van der Waals surface area contributed by atoms with Gasteiger partial charge in [0, 0.05) is 55.3 Å². The molecule has 0 atom stereocenters. The van der Waals surface area contributed by atoms with Crippen molar-refractivity contribution in [3.63, 3.8) is 0 Å². The van der Waals surface area contributed by atoms with Crippen molar-refractivity contribution in [2.75, 3.05) is 13.1 Å². The zero-order valence-electron chi connectivity index (χ0n) is 30.0. The second kappa shape index (κ2) is 17.3. The largest absolute Gasteiger partial charge is 1.00 e. The van der Waals surface area contributed by atoms with E-state index in [1.165, 1.54) is 16.7 Å². The standard InChI is InChI=1S/C41H54N2O6.HI/c1-39(2,3)36-20-24-40(25-21-36)46-48-41(49-47-40)26-22-37(23-27-41)45-38(44)42-28-13-29-43(30-33-14-7-4-8-15-33,31-34-16-9-5-10-17-34)32-35-18-11-6-12-19-35;/h4-12,14-19,36-37H,13,20-32H2,1-3H3;1H. The predicted molar refractivity (Wildman–Crippen MR) is 188 cm³/mol. The SMILES string of the molecule is CC(C)(C)C1CCC2(CC1)OOC1(CCC(OC(=O)NCCC[N+](Cc3ccccc3)(Cc3ccccc3)Cc3ccccc3)CC1)OO2.[I-]. The second-order valence-corrected chi connectivity index (χ2v) is 15.7. The molecule has 6 rings (SSSR count). The highest BCUT2D eigenvalue weighted by atomic mass is 127.